The van der Waals surface area contributed by atoms with Gasteiger partial charge in [0.1, 0.15) is 6.61 Å². The van der Waals surface area contributed by atoms with Crippen LogP contribution in [0.3, 0.4) is 0 Å². The molecule has 25 heteroatoms. The van der Waals surface area contributed by atoms with Crippen molar-refractivity contribution in [2.75, 3.05) is 225 Å². The van der Waals surface area contributed by atoms with Crippen molar-refractivity contribution in [3.05, 3.63) is 31.3 Å². The molecule has 1 saturated heterocycles. The van der Waals surface area contributed by atoms with Crippen molar-refractivity contribution in [1.82, 2.24) is 9.80 Å². The number of hydrogen-bond acceptors (Lipinski definition) is 19. The molecule has 1 heterocycles. The number of likely N-dealkylation sites (N-methyl/N-ethyl adjacent to an activating group) is 1. The molecule has 1 fully saturated rings. The van der Waals surface area contributed by atoms with Gasteiger partial charge in [0.15, 0.2) is 0 Å². The first kappa shape index (κ1) is 56.9. The van der Waals surface area contributed by atoms with Crippen molar-refractivity contribution in [3.63, 3.8) is 0 Å². The number of nitrogens with zero attached hydrogens (tertiary/aromatic N) is 11. The standard InChI is InChI=1S/C37H71N11O14/c1-47-7-9-48(10-8-47)6-2-36(49)62-35-37(32-59-29-26-56-23-20-53-17-14-50-11-3-41-44-38,33-60-30-27-57-24-21-54-18-15-51-12-4-42-45-39)34-61-31-28-58-25-22-55-19-16-52-13-5-43-46-40/h2-35H2,1H3. The highest BCUT2D eigenvalue weighted by atomic mass is 16.6. The number of esters is 1. The van der Waals surface area contributed by atoms with Crippen LogP contribution < -0.4 is 0 Å². The zero-order chi connectivity index (χ0) is 44.7. The molecule has 1 aliphatic heterocycles. The first-order chi connectivity index (χ1) is 30.5. The smallest absolute Gasteiger partial charge is 0.307 e. The van der Waals surface area contributed by atoms with E-state index < -0.39 is 5.41 Å². The van der Waals surface area contributed by atoms with Gasteiger partial charge in [-0.3, -0.25) is 4.79 Å². The van der Waals surface area contributed by atoms with Crippen molar-refractivity contribution in [2.45, 2.75) is 6.42 Å². The van der Waals surface area contributed by atoms with Gasteiger partial charge < -0.3 is 71.4 Å². The Morgan fingerprint density at radius 2 is 0.742 bits per heavy atom. The van der Waals surface area contributed by atoms with Crippen LogP contribution in [-0.2, 0) is 66.4 Å². The molecule has 0 aromatic rings. The van der Waals surface area contributed by atoms with Crippen molar-refractivity contribution in [1.29, 1.82) is 0 Å². The van der Waals surface area contributed by atoms with Crippen molar-refractivity contribution in [2.24, 2.45) is 20.8 Å². The lowest BCUT2D eigenvalue weighted by Gasteiger charge is -2.33. The topological polar surface area (TPSA) is 290 Å². The molecule has 1 aliphatic rings. The number of hydrogen-bond donors (Lipinski definition) is 0. The molecule has 0 amide bonds. The molecule has 0 radical (unpaired) electrons. The van der Waals surface area contributed by atoms with E-state index in [2.05, 4.69) is 46.9 Å². The minimum absolute atomic E-state index is 0.00740. The molecule has 0 aromatic carbocycles. The second-order valence-electron chi connectivity index (χ2n) is 13.6. The lowest BCUT2D eigenvalue weighted by molar-refractivity contribution is -0.158. The number of ether oxygens (including phenoxy) is 13. The Labute approximate surface area is 364 Å². The van der Waals surface area contributed by atoms with E-state index in [9.17, 15) is 4.79 Å². The molecule has 358 valence electrons. The summed E-state index contributed by atoms with van der Waals surface area (Å²) in [7, 11) is 2.09. The molecule has 0 unspecified atom stereocenters. The zero-order valence-electron chi connectivity index (χ0n) is 36.7. The van der Waals surface area contributed by atoms with E-state index in [0.29, 0.717) is 125 Å². The lowest BCUT2D eigenvalue weighted by atomic mass is 9.92. The normalized spacial score (nSPS) is 14.1. The number of piperazine rings is 1. The van der Waals surface area contributed by atoms with Crippen molar-refractivity contribution >= 4 is 5.97 Å². The van der Waals surface area contributed by atoms with Gasteiger partial charge in [-0.05, 0) is 23.6 Å². The second kappa shape index (κ2) is 44.4. The van der Waals surface area contributed by atoms with Crippen LogP contribution in [0, 0.1) is 5.41 Å². The Bertz CT molecular complexity index is 1090. The number of carbonyl (C=O) groups is 1. The maximum Gasteiger partial charge on any atom is 0.307 e. The van der Waals surface area contributed by atoms with Crippen LogP contribution in [0.25, 0.3) is 31.3 Å². The van der Waals surface area contributed by atoms with Gasteiger partial charge in [0.05, 0.1) is 170 Å². The van der Waals surface area contributed by atoms with Crippen LogP contribution in [0.2, 0.25) is 0 Å². The predicted octanol–water partition coefficient (Wildman–Crippen LogP) is 2.28. The maximum absolute atomic E-state index is 13.0. The Balaban J connectivity index is 2.65. The van der Waals surface area contributed by atoms with Gasteiger partial charge in [0.25, 0.3) is 0 Å². The van der Waals surface area contributed by atoms with Gasteiger partial charge in [-0.1, -0.05) is 15.3 Å². The molecular formula is C37H71N11O14. The average Bonchev–Trinajstić information content (AvgIpc) is 3.28. The predicted molar refractivity (Wildman–Crippen MR) is 224 cm³/mol. The summed E-state index contributed by atoms with van der Waals surface area (Å²) < 4.78 is 73.6. The van der Waals surface area contributed by atoms with Crippen molar-refractivity contribution in [3.8, 4) is 0 Å². The van der Waals surface area contributed by atoms with Gasteiger partial charge in [-0.15, -0.1) is 0 Å². The lowest BCUT2D eigenvalue weighted by Crippen LogP contribution is -2.45. The average molecular weight is 894 g/mol. The number of azide groups is 3. The van der Waals surface area contributed by atoms with Crippen molar-refractivity contribution < 1.29 is 66.4 Å². The second-order valence-corrected chi connectivity index (χ2v) is 13.6. The Hall–Kier alpha value is -3.16. The van der Waals surface area contributed by atoms with Gasteiger partial charge in [-0.2, -0.15) is 0 Å². The summed E-state index contributed by atoms with van der Waals surface area (Å²) in [6, 6.07) is 0. The minimum atomic E-state index is -0.853. The summed E-state index contributed by atoms with van der Waals surface area (Å²) in [5.41, 5.74) is 24.0. The van der Waals surface area contributed by atoms with E-state index in [-0.39, 0.29) is 78.3 Å². The fraction of sp³-hybridized carbons (Fsp3) is 0.973. The molecular weight excluding hydrogens is 822 g/mol. The van der Waals surface area contributed by atoms with Gasteiger partial charge in [0, 0.05) is 67.1 Å². The van der Waals surface area contributed by atoms with E-state index >= 15 is 0 Å². The highest BCUT2D eigenvalue weighted by molar-refractivity contribution is 5.69. The van der Waals surface area contributed by atoms with E-state index in [1.54, 1.807) is 0 Å². The third kappa shape index (κ3) is 37.4. The fourth-order valence-electron chi connectivity index (χ4n) is 5.17. The summed E-state index contributed by atoms with van der Waals surface area (Å²) in [5, 5.41) is 10.2. The van der Waals surface area contributed by atoms with Crippen LogP contribution >= 0.6 is 0 Å². The van der Waals surface area contributed by atoms with Gasteiger partial charge in [-0.25, -0.2) is 0 Å². The van der Waals surface area contributed by atoms with Crippen LogP contribution in [-0.4, -0.2) is 240 Å². The van der Waals surface area contributed by atoms with E-state index in [1.807, 2.05) is 0 Å². The van der Waals surface area contributed by atoms with E-state index in [1.165, 1.54) is 0 Å². The third-order valence-corrected chi connectivity index (χ3v) is 8.54. The molecule has 0 saturated carbocycles. The quantitative estimate of drug-likeness (QED) is 0.0278. The number of carbonyl (C=O) groups excluding carboxylic acids is 1. The Morgan fingerprint density at radius 1 is 0.452 bits per heavy atom. The van der Waals surface area contributed by atoms with Crippen LogP contribution in [0.1, 0.15) is 6.42 Å². The maximum atomic E-state index is 13.0. The Morgan fingerprint density at radius 3 is 1.05 bits per heavy atom. The molecule has 0 N–H and O–H groups in total. The first-order valence-corrected chi connectivity index (χ1v) is 21.1. The summed E-state index contributed by atoms with van der Waals surface area (Å²) in [5.74, 6) is -0.313. The van der Waals surface area contributed by atoms with Crippen LogP contribution in [0.5, 0.6) is 0 Å². The molecule has 0 spiro atoms. The third-order valence-electron chi connectivity index (χ3n) is 8.54. The van der Waals surface area contributed by atoms with Gasteiger partial charge in [0.2, 0.25) is 0 Å². The van der Waals surface area contributed by atoms with E-state index in [4.69, 9.17) is 78.2 Å². The molecule has 62 heavy (non-hydrogen) atoms. The molecule has 0 atom stereocenters. The summed E-state index contributed by atoms with van der Waals surface area (Å²) in [6.45, 7) is 12.9. The Kier molecular flexibility index (Phi) is 40.8. The largest absolute Gasteiger partial charge is 0.465 e. The van der Waals surface area contributed by atoms with Crippen LogP contribution in [0.15, 0.2) is 15.3 Å². The highest BCUT2D eigenvalue weighted by Crippen LogP contribution is 2.21. The monoisotopic (exact) mass is 894 g/mol. The molecule has 0 aliphatic carbocycles. The summed E-state index contributed by atoms with van der Waals surface area (Å²) in [4.78, 5) is 25.6. The molecule has 1 rings (SSSR count). The fourth-order valence-corrected chi connectivity index (χ4v) is 5.17. The zero-order valence-corrected chi connectivity index (χ0v) is 36.7. The molecule has 0 aromatic heterocycles. The van der Waals surface area contributed by atoms with Gasteiger partial charge >= 0.3 is 5.97 Å². The first-order valence-electron chi connectivity index (χ1n) is 21.1. The summed E-state index contributed by atoms with van der Waals surface area (Å²) >= 11 is 0. The molecule has 25 nitrogen and oxygen atoms in total. The SMILES string of the molecule is CN1CCN(CCC(=O)OCC(COCCOCCOCCOCCN=[N+]=[N-])(COCCOCCOCCOCCN=[N+]=[N-])COCCOCCOCCOCCN=[N+]=[N-])CC1. The molecule has 0 bridgehead atoms. The van der Waals surface area contributed by atoms with E-state index in [0.717, 1.165) is 26.2 Å². The minimum Gasteiger partial charge on any atom is -0.465 e. The van der Waals surface area contributed by atoms with Crippen LogP contribution in [0.4, 0.5) is 0 Å². The number of rotatable bonds is 47. The highest BCUT2D eigenvalue weighted by Gasteiger charge is 2.34. The summed E-state index contributed by atoms with van der Waals surface area (Å²) in [6.07, 6.45) is 0.260.